The zero-order valence-electron chi connectivity index (χ0n) is 17.1. The number of thiophene rings is 1. The maximum absolute atomic E-state index is 12.2. The van der Waals surface area contributed by atoms with E-state index in [0.29, 0.717) is 6.04 Å². The highest BCUT2D eigenvalue weighted by molar-refractivity contribution is 7.16. The number of benzene rings is 1. The van der Waals surface area contributed by atoms with Crippen LogP contribution in [0.2, 0.25) is 4.34 Å². The van der Waals surface area contributed by atoms with Crippen molar-refractivity contribution in [1.82, 2.24) is 14.0 Å². The van der Waals surface area contributed by atoms with Gasteiger partial charge in [0.25, 0.3) is 0 Å². The highest BCUT2D eigenvalue weighted by atomic mass is 35.5. The molecule has 5 nitrogen and oxygen atoms in total. The van der Waals surface area contributed by atoms with E-state index < -0.39 is 0 Å². The number of ether oxygens (including phenoxy) is 1. The molecule has 4 heterocycles. The van der Waals surface area contributed by atoms with Gasteiger partial charge in [-0.2, -0.15) is 0 Å². The van der Waals surface area contributed by atoms with E-state index in [2.05, 4.69) is 36.1 Å². The standard InChI is InChI=1S/C22H26ClN3O2S/c1-14-12-22(20-16(6-9-28-22)11-19(23)29-20)7-8-26(14)13-15-4-5-17-18(10-15)25(3)21(27)24(17)2/h4-5,10-11,14H,6-9,12-13H2,1-3H3/t14-,22+/m0/s1. The van der Waals surface area contributed by atoms with Crippen LogP contribution in [0.15, 0.2) is 29.1 Å². The topological polar surface area (TPSA) is 39.4 Å². The second kappa shape index (κ2) is 6.98. The Labute approximate surface area is 179 Å². The maximum Gasteiger partial charge on any atom is 0.328 e. The molecular weight excluding hydrogens is 406 g/mol. The van der Waals surface area contributed by atoms with Crippen LogP contribution in [0.25, 0.3) is 11.0 Å². The molecule has 0 unspecified atom stereocenters. The molecule has 1 fully saturated rings. The predicted octanol–water partition coefficient (Wildman–Crippen LogP) is 4.04. The Morgan fingerprint density at radius 2 is 2.03 bits per heavy atom. The first-order chi connectivity index (χ1) is 13.9. The van der Waals surface area contributed by atoms with Crippen molar-refractivity contribution in [3.8, 4) is 0 Å². The predicted molar refractivity (Wildman–Crippen MR) is 118 cm³/mol. The van der Waals surface area contributed by atoms with Crippen molar-refractivity contribution in [1.29, 1.82) is 0 Å². The maximum atomic E-state index is 12.2. The molecule has 5 rings (SSSR count). The lowest BCUT2D eigenvalue weighted by Gasteiger charge is -2.47. The van der Waals surface area contributed by atoms with Gasteiger partial charge >= 0.3 is 5.69 Å². The molecule has 2 aliphatic heterocycles. The number of rotatable bonds is 2. The Morgan fingerprint density at radius 1 is 1.24 bits per heavy atom. The lowest BCUT2D eigenvalue weighted by Crippen LogP contribution is -2.49. The van der Waals surface area contributed by atoms with Crippen LogP contribution < -0.4 is 5.69 Å². The minimum absolute atomic E-state index is 0.0188. The lowest BCUT2D eigenvalue weighted by molar-refractivity contribution is -0.110. The van der Waals surface area contributed by atoms with E-state index in [1.807, 2.05) is 14.1 Å². The number of hydrogen-bond donors (Lipinski definition) is 0. The quantitative estimate of drug-likeness (QED) is 0.614. The molecule has 0 N–H and O–H groups in total. The van der Waals surface area contributed by atoms with Crippen molar-refractivity contribution in [3.05, 3.63) is 55.1 Å². The third-order valence-corrected chi connectivity index (χ3v) is 8.21. The number of halogens is 1. The van der Waals surface area contributed by atoms with Crippen molar-refractivity contribution < 1.29 is 4.74 Å². The molecule has 7 heteroatoms. The third kappa shape index (κ3) is 3.08. The monoisotopic (exact) mass is 431 g/mol. The van der Waals surface area contributed by atoms with Crippen LogP contribution in [0.4, 0.5) is 0 Å². The molecule has 154 valence electrons. The molecule has 2 aromatic heterocycles. The van der Waals surface area contributed by atoms with Crippen LogP contribution in [-0.4, -0.2) is 33.2 Å². The van der Waals surface area contributed by atoms with Crippen molar-refractivity contribution >= 4 is 34.0 Å². The minimum Gasteiger partial charge on any atom is -0.369 e. The van der Waals surface area contributed by atoms with E-state index in [0.717, 1.165) is 54.3 Å². The van der Waals surface area contributed by atoms with Crippen LogP contribution in [-0.2, 0) is 37.4 Å². The van der Waals surface area contributed by atoms with E-state index in [1.54, 1.807) is 20.5 Å². The Morgan fingerprint density at radius 3 is 2.83 bits per heavy atom. The Balaban J connectivity index is 1.38. The molecule has 1 spiro atoms. The number of fused-ring (bicyclic) bond motifs is 3. The van der Waals surface area contributed by atoms with Crippen LogP contribution in [0.1, 0.15) is 35.8 Å². The number of piperidine rings is 1. The number of likely N-dealkylation sites (tertiary alicyclic amines) is 1. The zero-order chi connectivity index (χ0) is 20.3. The molecule has 1 saturated heterocycles. The summed E-state index contributed by atoms with van der Waals surface area (Å²) in [6.07, 6.45) is 2.95. The average molecular weight is 432 g/mol. The van der Waals surface area contributed by atoms with Crippen LogP contribution >= 0.6 is 22.9 Å². The molecule has 29 heavy (non-hydrogen) atoms. The van der Waals surface area contributed by atoms with Gasteiger partial charge in [0.2, 0.25) is 0 Å². The Bertz CT molecular complexity index is 1150. The van der Waals surface area contributed by atoms with Crippen LogP contribution in [0, 0.1) is 0 Å². The molecule has 0 radical (unpaired) electrons. The Hall–Kier alpha value is -1.60. The van der Waals surface area contributed by atoms with Gasteiger partial charge < -0.3 is 4.74 Å². The van der Waals surface area contributed by atoms with Gasteiger partial charge in [-0.05, 0) is 55.5 Å². The SMILES string of the molecule is C[C@H]1C[C@@]2(CCN1Cc1ccc3c(c1)n(C)c(=O)n3C)OCCc1cc(Cl)sc12. The van der Waals surface area contributed by atoms with Gasteiger partial charge in [0, 0.05) is 38.1 Å². The van der Waals surface area contributed by atoms with Gasteiger partial charge in [0.05, 0.1) is 22.0 Å². The number of aryl methyl sites for hydroxylation is 2. The van der Waals surface area contributed by atoms with Gasteiger partial charge in [0.15, 0.2) is 0 Å². The number of imidazole rings is 1. The van der Waals surface area contributed by atoms with Crippen LogP contribution in [0.5, 0.6) is 0 Å². The van der Waals surface area contributed by atoms with Gasteiger partial charge in [-0.15, -0.1) is 11.3 Å². The van der Waals surface area contributed by atoms with Gasteiger partial charge in [-0.1, -0.05) is 17.7 Å². The summed E-state index contributed by atoms with van der Waals surface area (Å²) in [5, 5.41) is 0. The number of nitrogens with zero attached hydrogens (tertiary/aromatic N) is 3. The summed E-state index contributed by atoms with van der Waals surface area (Å²) in [6.45, 7) is 4.95. The molecule has 1 aromatic carbocycles. The zero-order valence-corrected chi connectivity index (χ0v) is 18.6. The molecule has 0 bridgehead atoms. The highest BCUT2D eigenvalue weighted by Gasteiger charge is 2.44. The first-order valence-electron chi connectivity index (χ1n) is 10.2. The highest BCUT2D eigenvalue weighted by Crippen LogP contribution is 2.48. The molecule has 0 saturated carbocycles. The van der Waals surface area contributed by atoms with E-state index in [9.17, 15) is 4.79 Å². The third-order valence-electron chi connectivity index (χ3n) is 6.72. The normalized spacial score (nSPS) is 25.0. The van der Waals surface area contributed by atoms with Crippen molar-refractivity contribution in [2.75, 3.05) is 13.2 Å². The average Bonchev–Trinajstić information content (AvgIpc) is 3.19. The number of hydrogen-bond acceptors (Lipinski definition) is 4. The van der Waals surface area contributed by atoms with Gasteiger partial charge in [0.1, 0.15) is 5.60 Å². The molecule has 0 amide bonds. The lowest BCUT2D eigenvalue weighted by atomic mass is 9.82. The minimum atomic E-state index is -0.172. The fourth-order valence-electron chi connectivity index (χ4n) is 5.10. The molecule has 2 aliphatic rings. The first-order valence-corrected chi connectivity index (χ1v) is 11.4. The van der Waals surface area contributed by atoms with Crippen molar-refractivity contribution in [2.45, 2.75) is 44.4 Å². The smallest absolute Gasteiger partial charge is 0.328 e. The second-order valence-corrected chi connectivity index (χ2v) is 10.2. The van der Waals surface area contributed by atoms with Gasteiger partial charge in [-0.3, -0.25) is 14.0 Å². The van der Waals surface area contributed by atoms with Gasteiger partial charge in [-0.25, -0.2) is 4.79 Å². The molecular formula is C22H26ClN3O2S. The van der Waals surface area contributed by atoms with Crippen LogP contribution in [0.3, 0.4) is 0 Å². The van der Waals surface area contributed by atoms with E-state index >= 15 is 0 Å². The first kappa shape index (κ1) is 19.4. The fourth-order valence-corrected chi connectivity index (χ4v) is 6.58. The summed E-state index contributed by atoms with van der Waals surface area (Å²) in [5.74, 6) is 0. The summed E-state index contributed by atoms with van der Waals surface area (Å²) in [7, 11) is 3.66. The van der Waals surface area contributed by atoms with Crippen molar-refractivity contribution in [2.24, 2.45) is 14.1 Å². The van der Waals surface area contributed by atoms with E-state index in [-0.39, 0.29) is 11.3 Å². The summed E-state index contributed by atoms with van der Waals surface area (Å²) < 4.78 is 10.7. The second-order valence-electron chi connectivity index (χ2n) is 8.49. The summed E-state index contributed by atoms with van der Waals surface area (Å²) in [4.78, 5) is 16.1. The Kier molecular flexibility index (Phi) is 4.66. The largest absolute Gasteiger partial charge is 0.369 e. The summed E-state index contributed by atoms with van der Waals surface area (Å²) in [6, 6.07) is 8.90. The summed E-state index contributed by atoms with van der Waals surface area (Å²) in [5.41, 5.74) is 4.43. The summed E-state index contributed by atoms with van der Waals surface area (Å²) >= 11 is 8.02. The fraction of sp³-hybridized carbons (Fsp3) is 0.500. The van der Waals surface area contributed by atoms with E-state index in [4.69, 9.17) is 16.3 Å². The molecule has 2 atom stereocenters. The van der Waals surface area contributed by atoms with Crippen molar-refractivity contribution in [3.63, 3.8) is 0 Å². The molecule has 0 aliphatic carbocycles. The number of aromatic nitrogens is 2. The van der Waals surface area contributed by atoms with E-state index in [1.165, 1.54) is 16.0 Å². The molecule has 3 aromatic rings.